The minimum Gasteiger partial charge on any atom is -0.467 e. The number of carbonyl (C=O) groups excluding carboxylic acids is 1. The molecule has 18 heavy (non-hydrogen) atoms. The average Bonchev–Trinajstić information content (AvgIpc) is 2.80. The molecule has 0 aliphatic carbocycles. The second kappa shape index (κ2) is 5.54. The van der Waals surface area contributed by atoms with Gasteiger partial charge >= 0.3 is 0 Å². The third-order valence-electron chi connectivity index (χ3n) is 3.74. The van der Waals surface area contributed by atoms with Gasteiger partial charge in [-0.3, -0.25) is 15.1 Å². The Morgan fingerprint density at radius 1 is 1.61 bits per heavy atom. The number of amides is 1. The van der Waals surface area contributed by atoms with E-state index in [-0.39, 0.29) is 5.91 Å². The molecule has 0 radical (unpaired) electrons. The minimum absolute atomic E-state index is 0.295. The summed E-state index contributed by atoms with van der Waals surface area (Å²) in [5.74, 6) is 6.33. The molecule has 1 saturated heterocycles. The summed E-state index contributed by atoms with van der Waals surface area (Å²) >= 11 is 0. The van der Waals surface area contributed by atoms with Crippen LogP contribution >= 0.6 is 0 Å². The molecule has 2 rings (SSSR count). The molecule has 100 valence electrons. The van der Waals surface area contributed by atoms with Crippen LogP contribution in [0.2, 0.25) is 0 Å². The maximum Gasteiger partial charge on any atom is 0.268 e. The van der Waals surface area contributed by atoms with Gasteiger partial charge in [-0.1, -0.05) is 6.92 Å². The molecule has 0 saturated carbocycles. The lowest BCUT2D eigenvalue weighted by molar-refractivity contribution is 0.0937. The molecule has 0 aromatic carbocycles. The van der Waals surface area contributed by atoms with E-state index in [1.807, 2.05) is 0 Å². The predicted octanol–water partition coefficient (Wildman–Crippen LogP) is 1.50. The highest BCUT2D eigenvalue weighted by atomic mass is 16.3. The predicted molar refractivity (Wildman–Crippen MR) is 68.6 cm³/mol. The number of nitrogens with one attached hydrogen (secondary N) is 1. The highest BCUT2D eigenvalue weighted by Crippen LogP contribution is 2.24. The summed E-state index contributed by atoms with van der Waals surface area (Å²) in [6.45, 7) is 6.23. The van der Waals surface area contributed by atoms with Crippen LogP contribution in [0.15, 0.2) is 16.7 Å². The third kappa shape index (κ3) is 2.73. The van der Waals surface area contributed by atoms with E-state index in [4.69, 9.17) is 10.3 Å². The summed E-state index contributed by atoms with van der Waals surface area (Å²) in [6, 6.07) is 2.18. The average molecular weight is 251 g/mol. The van der Waals surface area contributed by atoms with E-state index >= 15 is 0 Å². The zero-order valence-electron chi connectivity index (χ0n) is 11.0. The van der Waals surface area contributed by atoms with Crippen LogP contribution in [0.25, 0.3) is 0 Å². The number of piperidine rings is 1. The van der Waals surface area contributed by atoms with Crippen LogP contribution in [0.4, 0.5) is 0 Å². The summed E-state index contributed by atoms with van der Waals surface area (Å²) in [6.07, 6.45) is 3.93. The first-order valence-electron chi connectivity index (χ1n) is 6.43. The lowest BCUT2D eigenvalue weighted by atomic mass is 9.93. The van der Waals surface area contributed by atoms with Gasteiger partial charge in [-0.2, -0.15) is 0 Å². The van der Waals surface area contributed by atoms with Crippen LogP contribution in [0.5, 0.6) is 0 Å². The van der Waals surface area contributed by atoms with E-state index in [0.717, 1.165) is 12.5 Å². The number of hydrogen-bond donors (Lipinski definition) is 2. The summed E-state index contributed by atoms with van der Waals surface area (Å²) in [7, 11) is 0. The number of carbonyl (C=O) groups is 1. The van der Waals surface area contributed by atoms with Gasteiger partial charge in [0.1, 0.15) is 5.76 Å². The second-order valence-corrected chi connectivity index (χ2v) is 5.18. The van der Waals surface area contributed by atoms with Gasteiger partial charge in [0.2, 0.25) is 0 Å². The standard InChI is InChI=1S/C13H21N3O2/c1-9-3-5-16(10(2)7-9)8-12-11(4-6-18-12)13(17)15-14/h4,6,9-10H,3,5,7-8,14H2,1-2H3,(H,15,17). The number of furan rings is 1. The van der Waals surface area contributed by atoms with E-state index in [0.29, 0.717) is 23.9 Å². The molecule has 2 unspecified atom stereocenters. The van der Waals surface area contributed by atoms with Gasteiger partial charge in [0, 0.05) is 6.04 Å². The van der Waals surface area contributed by atoms with Gasteiger partial charge in [-0.05, 0) is 38.3 Å². The number of hydrogen-bond acceptors (Lipinski definition) is 4. The third-order valence-corrected chi connectivity index (χ3v) is 3.74. The monoisotopic (exact) mass is 251 g/mol. The smallest absolute Gasteiger partial charge is 0.268 e. The van der Waals surface area contributed by atoms with Gasteiger partial charge in [0.15, 0.2) is 0 Å². The maximum atomic E-state index is 11.6. The Hall–Kier alpha value is -1.33. The zero-order valence-corrected chi connectivity index (χ0v) is 11.0. The van der Waals surface area contributed by atoms with Crippen molar-refractivity contribution in [1.82, 2.24) is 10.3 Å². The Morgan fingerprint density at radius 3 is 3.06 bits per heavy atom. The van der Waals surface area contributed by atoms with Gasteiger partial charge in [-0.15, -0.1) is 0 Å². The molecular formula is C13H21N3O2. The number of hydrazine groups is 1. The van der Waals surface area contributed by atoms with Crippen molar-refractivity contribution >= 4 is 5.91 Å². The Bertz CT molecular complexity index is 416. The van der Waals surface area contributed by atoms with Crippen molar-refractivity contribution in [2.75, 3.05) is 6.54 Å². The van der Waals surface area contributed by atoms with Crippen LogP contribution in [0, 0.1) is 5.92 Å². The van der Waals surface area contributed by atoms with Crippen molar-refractivity contribution in [2.24, 2.45) is 11.8 Å². The van der Waals surface area contributed by atoms with Crippen molar-refractivity contribution in [3.63, 3.8) is 0 Å². The molecule has 5 nitrogen and oxygen atoms in total. The molecule has 1 aromatic heterocycles. The van der Waals surface area contributed by atoms with Gasteiger partial charge in [0.25, 0.3) is 5.91 Å². The summed E-state index contributed by atoms with van der Waals surface area (Å²) in [5.41, 5.74) is 2.68. The molecular weight excluding hydrogens is 230 g/mol. The molecule has 1 fully saturated rings. The lowest BCUT2D eigenvalue weighted by Crippen LogP contribution is -2.40. The topological polar surface area (TPSA) is 71.5 Å². The first kappa shape index (κ1) is 13.1. The number of likely N-dealkylation sites (tertiary alicyclic amines) is 1. The Morgan fingerprint density at radius 2 is 2.39 bits per heavy atom. The maximum absolute atomic E-state index is 11.6. The molecule has 0 bridgehead atoms. The molecule has 3 N–H and O–H groups in total. The largest absolute Gasteiger partial charge is 0.467 e. The van der Waals surface area contributed by atoms with Crippen molar-refractivity contribution in [1.29, 1.82) is 0 Å². The Kier molecular flexibility index (Phi) is 4.04. The molecule has 1 amide bonds. The molecule has 1 aliphatic rings. The highest BCUT2D eigenvalue weighted by molar-refractivity contribution is 5.94. The fraction of sp³-hybridized carbons (Fsp3) is 0.615. The lowest BCUT2D eigenvalue weighted by Gasteiger charge is -2.36. The van der Waals surface area contributed by atoms with Crippen molar-refractivity contribution in [2.45, 2.75) is 39.3 Å². The normalized spacial score (nSPS) is 25.1. The van der Waals surface area contributed by atoms with Crippen molar-refractivity contribution < 1.29 is 9.21 Å². The van der Waals surface area contributed by atoms with Crippen LogP contribution in [0.3, 0.4) is 0 Å². The van der Waals surface area contributed by atoms with Crippen LogP contribution in [-0.2, 0) is 6.54 Å². The molecule has 1 aliphatic heterocycles. The van der Waals surface area contributed by atoms with Crippen molar-refractivity contribution in [3.05, 3.63) is 23.7 Å². The minimum atomic E-state index is -0.295. The molecule has 1 aromatic rings. The van der Waals surface area contributed by atoms with E-state index < -0.39 is 0 Å². The van der Waals surface area contributed by atoms with Gasteiger partial charge < -0.3 is 4.42 Å². The van der Waals surface area contributed by atoms with E-state index in [2.05, 4.69) is 24.2 Å². The summed E-state index contributed by atoms with van der Waals surface area (Å²) in [5, 5.41) is 0. The van der Waals surface area contributed by atoms with Crippen molar-refractivity contribution in [3.8, 4) is 0 Å². The fourth-order valence-electron chi connectivity index (χ4n) is 2.62. The number of nitrogen functional groups attached to an aromatic ring is 1. The molecule has 0 spiro atoms. The first-order valence-corrected chi connectivity index (χ1v) is 6.43. The molecule has 2 heterocycles. The van der Waals surface area contributed by atoms with Gasteiger partial charge in [-0.25, -0.2) is 5.84 Å². The van der Waals surface area contributed by atoms with E-state index in [9.17, 15) is 4.79 Å². The summed E-state index contributed by atoms with van der Waals surface area (Å²) in [4.78, 5) is 13.9. The molecule has 2 atom stereocenters. The van der Waals surface area contributed by atoms with Gasteiger partial charge in [0.05, 0.1) is 18.4 Å². The van der Waals surface area contributed by atoms with E-state index in [1.165, 1.54) is 19.1 Å². The first-order chi connectivity index (χ1) is 8.61. The number of rotatable bonds is 3. The summed E-state index contributed by atoms with van der Waals surface area (Å²) < 4.78 is 5.41. The second-order valence-electron chi connectivity index (χ2n) is 5.18. The van der Waals surface area contributed by atoms with E-state index in [1.54, 1.807) is 6.07 Å². The Labute approximate surface area is 107 Å². The zero-order chi connectivity index (χ0) is 13.1. The number of nitrogens with two attached hydrogens (primary N) is 1. The number of nitrogens with zero attached hydrogens (tertiary/aromatic N) is 1. The Balaban J connectivity index is 2.05. The van der Waals surface area contributed by atoms with Crippen LogP contribution < -0.4 is 11.3 Å². The van der Waals surface area contributed by atoms with Crippen LogP contribution in [-0.4, -0.2) is 23.4 Å². The highest BCUT2D eigenvalue weighted by Gasteiger charge is 2.25. The fourth-order valence-corrected chi connectivity index (χ4v) is 2.62. The molecule has 5 heteroatoms. The SMILES string of the molecule is CC1CCN(Cc2occc2C(=O)NN)C(C)C1. The van der Waals surface area contributed by atoms with Crippen LogP contribution in [0.1, 0.15) is 42.8 Å². The quantitative estimate of drug-likeness (QED) is 0.485.